The van der Waals surface area contributed by atoms with Gasteiger partial charge in [0.2, 0.25) is 0 Å². The number of morpholine rings is 1. The topological polar surface area (TPSA) is 76.1 Å². The highest BCUT2D eigenvalue weighted by Crippen LogP contribution is 2.23. The molecule has 1 unspecified atom stereocenters. The maximum atomic E-state index is 11.5. The Morgan fingerprint density at radius 1 is 1.48 bits per heavy atom. The summed E-state index contributed by atoms with van der Waals surface area (Å²) in [6.45, 7) is 3.11. The van der Waals surface area contributed by atoms with Gasteiger partial charge in [0.15, 0.2) is 5.78 Å². The molecule has 0 saturated carbocycles. The number of hydrogen-bond donors (Lipinski definition) is 1. The molecule has 1 aliphatic rings. The molecule has 21 heavy (non-hydrogen) atoms. The molecule has 0 radical (unpaired) electrons. The maximum Gasteiger partial charge on any atom is 0.323 e. The zero-order valence-electron chi connectivity index (χ0n) is 12.2. The van der Waals surface area contributed by atoms with Gasteiger partial charge in [0.05, 0.1) is 20.3 Å². The lowest BCUT2D eigenvalue weighted by atomic mass is 10.1. The van der Waals surface area contributed by atoms with Crippen molar-refractivity contribution in [2.75, 3.05) is 26.9 Å². The summed E-state index contributed by atoms with van der Waals surface area (Å²) in [7, 11) is 1.56. The first-order valence-corrected chi connectivity index (χ1v) is 6.75. The van der Waals surface area contributed by atoms with E-state index < -0.39 is 12.0 Å². The van der Waals surface area contributed by atoms with Crippen molar-refractivity contribution in [1.82, 2.24) is 4.90 Å². The Hall–Kier alpha value is -1.92. The average Bonchev–Trinajstić information content (AvgIpc) is 2.47. The molecule has 114 valence electrons. The molecule has 1 aromatic rings. The van der Waals surface area contributed by atoms with Gasteiger partial charge in [0.1, 0.15) is 11.8 Å². The summed E-state index contributed by atoms with van der Waals surface area (Å²) in [6, 6.07) is 4.53. The first kappa shape index (κ1) is 15.5. The van der Waals surface area contributed by atoms with Crippen LogP contribution in [0, 0.1) is 0 Å². The number of aliphatic carboxylic acids is 1. The minimum absolute atomic E-state index is 0.0318. The van der Waals surface area contributed by atoms with E-state index in [4.69, 9.17) is 9.47 Å². The van der Waals surface area contributed by atoms with Crippen molar-refractivity contribution in [1.29, 1.82) is 0 Å². The highest BCUT2D eigenvalue weighted by molar-refractivity contribution is 5.94. The van der Waals surface area contributed by atoms with E-state index in [2.05, 4.69) is 0 Å². The Labute approximate surface area is 123 Å². The molecule has 1 heterocycles. The molecule has 6 nitrogen and oxygen atoms in total. The summed E-state index contributed by atoms with van der Waals surface area (Å²) in [5.74, 6) is -0.289. The Kier molecular flexibility index (Phi) is 4.93. The van der Waals surface area contributed by atoms with Gasteiger partial charge in [-0.3, -0.25) is 14.5 Å². The predicted molar refractivity (Wildman–Crippen MR) is 75.7 cm³/mol. The van der Waals surface area contributed by atoms with Crippen LogP contribution in [0.25, 0.3) is 0 Å². The number of carboxylic acid groups (broad SMARTS) is 1. The molecule has 1 aromatic carbocycles. The quantitative estimate of drug-likeness (QED) is 0.822. The summed E-state index contributed by atoms with van der Waals surface area (Å²) >= 11 is 0. The van der Waals surface area contributed by atoms with E-state index in [1.54, 1.807) is 25.3 Å². The number of benzene rings is 1. The van der Waals surface area contributed by atoms with Crippen LogP contribution < -0.4 is 4.74 Å². The van der Waals surface area contributed by atoms with Crippen LogP contribution in [0.2, 0.25) is 0 Å². The number of carbonyl (C=O) groups is 2. The highest BCUT2D eigenvalue weighted by atomic mass is 16.5. The molecule has 6 heteroatoms. The Morgan fingerprint density at radius 2 is 2.24 bits per heavy atom. The molecule has 0 aliphatic carbocycles. The highest BCUT2D eigenvalue weighted by Gasteiger charge is 2.29. The predicted octanol–water partition coefficient (Wildman–Crippen LogP) is 1.18. The van der Waals surface area contributed by atoms with E-state index in [0.29, 0.717) is 31.0 Å². The second-order valence-corrected chi connectivity index (χ2v) is 4.98. The fourth-order valence-corrected chi connectivity index (χ4v) is 2.39. The lowest BCUT2D eigenvalue weighted by Crippen LogP contribution is -2.49. The molecule has 0 bridgehead atoms. The smallest absolute Gasteiger partial charge is 0.323 e. The number of rotatable bonds is 5. The second kappa shape index (κ2) is 6.69. The Morgan fingerprint density at radius 3 is 2.86 bits per heavy atom. The van der Waals surface area contributed by atoms with Gasteiger partial charge in [0, 0.05) is 24.2 Å². The normalized spacial score (nSPS) is 19.2. The van der Waals surface area contributed by atoms with Gasteiger partial charge in [-0.25, -0.2) is 0 Å². The molecule has 0 amide bonds. The van der Waals surface area contributed by atoms with Crippen LogP contribution in [0.4, 0.5) is 0 Å². The van der Waals surface area contributed by atoms with E-state index in [1.165, 1.54) is 6.92 Å². The van der Waals surface area contributed by atoms with Gasteiger partial charge in [-0.2, -0.15) is 0 Å². The van der Waals surface area contributed by atoms with E-state index in [0.717, 1.165) is 5.56 Å². The molecule has 1 atom stereocenters. The van der Waals surface area contributed by atoms with Crippen LogP contribution in [0.1, 0.15) is 22.8 Å². The van der Waals surface area contributed by atoms with Gasteiger partial charge in [-0.05, 0) is 25.1 Å². The number of carboxylic acids is 1. The first-order valence-electron chi connectivity index (χ1n) is 6.75. The van der Waals surface area contributed by atoms with Crippen LogP contribution >= 0.6 is 0 Å². The molecule has 1 fully saturated rings. The zero-order chi connectivity index (χ0) is 15.4. The van der Waals surface area contributed by atoms with Crippen molar-refractivity contribution >= 4 is 11.8 Å². The van der Waals surface area contributed by atoms with Gasteiger partial charge in [-0.15, -0.1) is 0 Å². The van der Waals surface area contributed by atoms with Gasteiger partial charge >= 0.3 is 5.97 Å². The fraction of sp³-hybridized carbons (Fsp3) is 0.467. The minimum atomic E-state index is -0.906. The van der Waals surface area contributed by atoms with Crippen molar-refractivity contribution < 1.29 is 24.2 Å². The molecule has 0 spiro atoms. The van der Waals surface area contributed by atoms with Crippen LogP contribution in [0.15, 0.2) is 18.2 Å². The third-order valence-electron chi connectivity index (χ3n) is 3.58. The first-order chi connectivity index (χ1) is 10.0. The molecule has 1 saturated heterocycles. The molecular formula is C15H19NO5. The van der Waals surface area contributed by atoms with Crippen LogP contribution in [-0.2, 0) is 16.1 Å². The number of carbonyl (C=O) groups excluding carboxylic acids is 1. The molecule has 2 rings (SSSR count). The average molecular weight is 293 g/mol. The monoisotopic (exact) mass is 293 g/mol. The molecular weight excluding hydrogens is 274 g/mol. The Bertz CT molecular complexity index is 543. The molecule has 1 aliphatic heterocycles. The van der Waals surface area contributed by atoms with E-state index in [-0.39, 0.29) is 12.4 Å². The van der Waals surface area contributed by atoms with E-state index in [1.807, 2.05) is 4.90 Å². The third kappa shape index (κ3) is 3.59. The van der Waals surface area contributed by atoms with Gasteiger partial charge < -0.3 is 14.6 Å². The third-order valence-corrected chi connectivity index (χ3v) is 3.58. The second-order valence-electron chi connectivity index (χ2n) is 4.98. The van der Waals surface area contributed by atoms with Crippen LogP contribution in [0.3, 0.4) is 0 Å². The summed E-state index contributed by atoms with van der Waals surface area (Å²) in [4.78, 5) is 24.6. The number of hydrogen-bond acceptors (Lipinski definition) is 5. The lowest BCUT2D eigenvalue weighted by molar-refractivity contribution is -0.150. The summed E-state index contributed by atoms with van der Waals surface area (Å²) in [5, 5.41) is 9.25. The number of nitrogens with zero attached hydrogens (tertiary/aromatic N) is 1. The van der Waals surface area contributed by atoms with Crippen molar-refractivity contribution in [3.05, 3.63) is 29.3 Å². The Balaban J connectivity index is 2.25. The standard InChI is InChI=1S/C15H19NO5/c1-10(17)11-3-4-14(20-2)12(7-11)8-16-5-6-21-9-13(16)15(18)19/h3-4,7,13H,5-6,8-9H2,1-2H3,(H,18,19). The van der Waals surface area contributed by atoms with Crippen molar-refractivity contribution in [2.45, 2.75) is 19.5 Å². The zero-order valence-corrected chi connectivity index (χ0v) is 12.2. The number of ketones is 1. The summed E-state index contributed by atoms with van der Waals surface area (Å²) in [5.41, 5.74) is 1.39. The van der Waals surface area contributed by atoms with Crippen LogP contribution in [0.5, 0.6) is 5.75 Å². The number of ether oxygens (including phenoxy) is 2. The van der Waals surface area contributed by atoms with Gasteiger partial charge in [0.25, 0.3) is 0 Å². The largest absolute Gasteiger partial charge is 0.496 e. The summed E-state index contributed by atoms with van der Waals surface area (Å²) < 4.78 is 10.5. The summed E-state index contributed by atoms with van der Waals surface area (Å²) in [6.07, 6.45) is 0. The number of Topliss-reactive ketones (excluding diaryl/α,β-unsaturated/α-hetero) is 1. The maximum absolute atomic E-state index is 11.5. The fourth-order valence-electron chi connectivity index (χ4n) is 2.39. The van der Waals surface area contributed by atoms with E-state index in [9.17, 15) is 14.7 Å². The number of methoxy groups -OCH3 is 1. The van der Waals surface area contributed by atoms with Crippen molar-refractivity contribution in [3.63, 3.8) is 0 Å². The van der Waals surface area contributed by atoms with Crippen LogP contribution in [-0.4, -0.2) is 54.7 Å². The lowest BCUT2D eigenvalue weighted by Gasteiger charge is -2.33. The van der Waals surface area contributed by atoms with E-state index >= 15 is 0 Å². The SMILES string of the molecule is COc1ccc(C(C)=O)cc1CN1CCOCC1C(=O)O. The molecule has 1 N–H and O–H groups in total. The van der Waals surface area contributed by atoms with Gasteiger partial charge in [-0.1, -0.05) is 0 Å². The van der Waals surface area contributed by atoms with Crippen molar-refractivity contribution in [2.24, 2.45) is 0 Å². The molecule has 0 aromatic heterocycles. The minimum Gasteiger partial charge on any atom is -0.496 e. The van der Waals surface area contributed by atoms with Crippen molar-refractivity contribution in [3.8, 4) is 5.75 Å².